The van der Waals surface area contributed by atoms with Crippen molar-refractivity contribution in [1.82, 2.24) is 42.5 Å². The van der Waals surface area contributed by atoms with Crippen molar-refractivity contribution in [2.24, 2.45) is 29.6 Å². The Morgan fingerprint density at radius 3 is 1.11 bits per heavy atom. The largest absolute Gasteiger partial charge is 0.317 e. The van der Waals surface area contributed by atoms with Crippen molar-refractivity contribution in [1.29, 1.82) is 0 Å². The van der Waals surface area contributed by atoms with Crippen molar-refractivity contribution < 1.29 is 0 Å². The minimum absolute atomic E-state index is 0.403. The summed E-state index contributed by atoms with van der Waals surface area (Å²) in [5, 5.41) is 30.2. The topological polar surface area (TPSA) is 96.2 Å². The van der Waals surface area contributed by atoms with Crippen molar-refractivity contribution in [3.05, 3.63) is 143 Å². The van der Waals surface area contributed by atoms with Gasteiger partial charge in [0.25, 0.3) is 0 Å². The number of rotatable bonds is 40. The molecule has 4 aromatic rings. The van der Waals surface area contributed by atoms with Gasteiger partial charge in [0.15, 0.2) is 0 Å². The number of hydrogen-bond donors (Lipinski definition) is 8. The summed E-state index contributed by atoms with van der Waals surface area (Å²) >= 11 is 0. The fourth-order valence-corrected chi connectivity index (χ4v) is 12.8. The molecule has 2 saturated carbocycles. The zero-order chi connectivity index (χ0) is 53.3. The molecule has 6 rings (SSSR count). The Hall–Kier alpha value is -3.44. The highest BCUT2D eigenvalue weighted by Gasteiger charge is 2.33. The van der Waals surface area contributed by atoms with Crippen LogP contribution in [0, 0.1) is 29.6 Å². The molecular weight excluding hydrogens is 929 g/mol. The van der Waals surface area contributed by atoms with Gasteiger partial charge in [0.05, 0.1) is 0 Å². The Morgan fingerprint density at radius 2 is 0.697 bits per heavy atom. The van der Waals surface area contributed by atoms with E-state index in [2.05, 4.69) is 192 Å². The van der Waals surface area contributed by atoms with E-state index in [0.717, 1.165) is 135 Å². The van der Waals surface area contributed by atoms with Gasteiger partial charge in [0.2, 0.25) is 0 Å². The Balaban J connectivity index is 0.775. The van der Waals surface area contributed by atoms with E-state index in [-0.39, 0.29) is 0 Å². The fourth-order valence-electron chi connectivity index (χ4n) is 12.8. The summed E-state index contributed by atoms with van der Waals surface area (Å²) in [5.41, 5.74) is 7.21. The third-order valence-electron chi connectivity index (χ3n) is 17.4. The molecule has 0 aliphatic heterocycles. The van der Waals surface area contributed by atoms with Gasteiger partial charge in [-0.05, 0) is 245 Å². The van der Waals surface area contributed by atoms with Gasteiger partial charge in [-0.25, -0.2) is 0 Å². The van der Waals surface area contributed by atoms with Gasteiger partial charge >= 0.3 is 0 Å². The highest BCUT2D eigenvalue weighted by Crippen LogP contribution is 2.40. The first-order valence-electron chi connectivity index (χ1n) is 31.3. The third-order valence-corrected chi connectivity index (χ3v) is 17.4. The van der Waals surface area contributed by atoms with Crippen LogP contribution >= 0.6 is 0 Å². The van der Waals surface area contributed by atoms with Gasteiger partial charge in [-0.15, -0.1) is 0 Å². The highest BCUT2D eigenvalue weighted by atomic mass is 15.0. The lowest BCUT2D eigenvalue weighted by Gasteiger charge is -2.39. The summed E-state index contributed by atoms with van der Waals surface area (Å²) in [5.74, 6) is 5.46. The Labute approximate surface area is 465 Å². The average molecular weight is 1040 g/mol. The van der Waals surface area contributed by atoms with Crippen LogP contribution < -0.4 is 42.5 Å². The molecule has 8 heteroatoms. The molecule has 2 aliphatic carbocycles. The molecule has 8 nitrogen and oxygen atoms in total. The molecule has 76 heavy (non-hydrogen) atoms. The summed E-state index contributed by atoms with van der Waals surface area (Å²) in [4.78, 5) is 0. The van der Waals surface area contributed by atoms with Gasteiger partial charge in [0, 0.05) is 23.9 Å². The molecule has 2 aliphatic rings. The molecule has 0 aromatic heterocycles. The van der Waals surface area contributed by atoms with Gasteiger partial charge in [0.1, 0.15) is 0 Å². The zero-order valence-corrected chi connectivity index (χ0v) is 48.7. The van der Waals surface area contributed by atoms with Gasteiger partial charge in [-0.3, -0.25) is 0 Å². The quantitative estimate of drug-likeness (QED) is 0.0209. The van der Waals surface area contributed by atoms with Crippen molar-refractivity contribution in [2.75, 3.05) is 91.6 Å². The fraction of sp³-hybridized carbons (Fsp3) is 0.647. The molecule has 2 fully saturated rings. The summed E-state index contributed by atoms with van der Waals surface area (Å²) in [6, 6.07) is 44.3. The van der Waals surface area contributed by atoms with E-state index >= 15 is 0 Å². The van der Waals surface area contributed by atoms with E-state index in [1.165, 1.54) is 105 Å². The van der Waals surface area contributed by atoms with Crippen LogP contribution in [-0.2, 0) is 0 Å². The molecule has 8 N–H and O–H groups in total. The first-order chi connectivity index (χ1) is 37.4. The van der Waals surface area contributed by atoms with E-state index < -0.39 is 0 Å². The highest BCUT2D eigenvalue weighted by molar-refractivity contribution is 5.36. The molecule has 0 spiro atoms. The SMILES string of the molecule is CC(C)[C@@H]1CC[C@@H](c2ccc(C(CCNCCCNCCCCNCCCNCCC(c3ccccc3)c3ccccc3)c3ccccc3)cc2)CC1NCCCNCCCNCCCN[C@@H]1C[C@H](C)CC[C@H]1C(C)C. The van der Waals surface area contributed by atoms with E-state index in [1.807, 2.05) is 0 Å². The molecule has 0 saturated heterocycles. The normalized spacial score (nSPS) is 20.5. The molecule has 2 unspecified atom stereocenters. The monoisotopic (exact) mass is 1040 g/mol. The van der Waals surface area contributed by atoms with Crippen LogP contribution in [-0.4, -0.2) is 104 Å². The molecule has 422 valence electrons. The third kappa shape index (κ3) is 23.1. The summed E-state index contributed by atoms with van der Waals surface area (Å²) in [6.45, 7) is 27.4. The lowest BCUT2D eigenvalue weighted by atomic mass is 9.71. The smallest absolute Gasteiger partial charge is 0.0104 e. The second kappa shape index (κ2) is 37.4. The maximum atomic E-state index is 4.07. The average Bonchev–Trinajstić information content (AvgIpc) is 3.45. The molecule has 0 amide bonds. The lowest BCUT2D eigenvalue weighted by molar-refractivity contribution is 0.170. The minimum Gasteiger partial charge on any atom is -0.317 e. The molecule has 0 radical (unpaired) electrons. The number of unbranched alkanes of at least 4 members (excludes halogenated alkanes) is 1. The number of nitrogens with one attached hydrogen (secondary N) is 8. The number of benzene rings is 4. The second-order valence-electron chi connectivity index (χ2n) is 23.9. The molecular formula is C68H110N8. The zero-order valence-electron chi connectivity index (χ0n) is 48.7. The maximum absolute atomic E-state index is 4.07. The van der Waals surface area contributed by atoms with Crippen LogP contribution in [0.3, 0.4) is 0 Å². The van der Waals surface area contributed by atoms with Gasteiger partial charge in [-0.1, -0.05) is 156 Å². The Kier molecular flexibility index (Phi) is 30.4. The number of hydrogen-bond acceptors (Lipinski definition) is 8. The van der Waals surface area contributed by atoms with Crippen LogP contribution in [0.1, 0.15) is 177 Å². The maximum Gasteiger partial charge on any atom is 0.0104 e. The van der Waals surface area contributed by atoms with E-state index in [0.29, 0.717) is 35.8 Å². The Morgan fingerprint density at radius 1 is 0.355 bits per heavy atom. The summed E-state index contributed by atoms with van der Waals surface area (Å²) < 4.78 is 0. The summed E-state index contributed by atoms with van der Waals surface area (Å²) in [7, 11) is 0. The van der Waals surface area contributed by atoms with Crippen LogP contribution in [0.25, 0.3) is 0 Å². The van der Waals surface area contributed by atoms with Gasteiger partial charge in [-0.2, -0.15) is 0 Å². The second-order valence-corrected chi connectivity index (χ2v) is 23.9. The standard InChI is InChI=1S/C68H110N8/c1-54(2)63-34-28-56(5)52-67(63)75-48-20-46-71-42-17-43-72-47-21-49-76-68-53-62(33-35-64(68)55(3)4)57-29-31-61(32-30-57)66(60-26-13-8-14-27-60)37-51-74-45-19-41-70-39-16-15-38-69-40-18-44-73-50-36-65(58-22-9-6-10-23-58)59-24-11-7-12-25-59/h6-14,22-27,29-32,54-56,62-76H,15-21,28,33-53H2,1-5H3/t56-,62-,63+,64+,66?,67-,68?/m1/s1. The van der Waals surface area contributed by atoms with Crippen LogP contribution in [0.5, 0.6) is 0 Å². The summed E-state index contributed by atoms with van der Waals surface area (Å²) in [6.07, 6.45) is 18.6. The van der Waals surface area contributed by atoms with Crippen LogP contribution in [0.4, 0.5) is 0 Å². The molecule has 0 heterocycles. The molecule has 0 bridgehead atoms. The van der Waals surface area contributed by atoms with E-state index in [1.54, 1.807) is 0 Å². The lowest BCUT2D eigenvalue weighted by Crippen LogP contribution is -2.43. The van der Waals surface area contributed by atoms with Crippen molar-refractivity contribution in [3.63, 3.8) is 0 Å². The Bertz CT molecular complexity index is 1960. The first kappa shape index (κ1) is 61.8. The predicted octanol–water partition coefficient (Wildman–Crippen LogP) is 12.2. The van der Waals surface area contributed by atoms with Crippen LogP contribution in [0.15, 0.2) is 115 Å². The predicted molar refractivity (Wildman–Crippen MR) is 328 cm³/mol. The van der Waals surface area contributed by atoms with Crippen molar-refractivity contribution >= 4 is 0 Å². The van der Waals surface area contributed by atoms with Crippen molar-refractivity contribution in [3.8, 4) is 0 Å². The molecule has 7 atom stereocenters. The first-order valence-corrected chi connectivity index (χ1v) is 31.3. The van der Waals surface area contributed by atoms with E-state index in [9.17, 15) is 0 Å². The van der Waals surface area contributed by atoms with Crippen molar-refractivity contribution in [2.45, 2.75) is 161 Å². The van der Waals surface area contributed by atoms with E-state index in [4.69, 9.17) is 0 Å². The van der Waals surface area contributed by atoms with Crippen LogP contribution in [0.2, 0.25) is 0 Å². The minimum atomic E-state index is 0.403. The van der Waals surface area contributed by atoms with Gasteiger partial charge < -0.3 is 42.5 Å². The molecule has 4 aromatic carbocycles.